The minimum atomic E-state index is 0.904. The van der Waals surface area contributed by atoms with Crippen LogP contribution in [-0.4, -0.2) is 9.97 Å². The van der Waals surface area contributed by atoms with Crippen LogP contribution in [0, 0.1) is 13.8 Å². The lowest BCUT2D eigenvalue weighted by Crippen LogP contribution is -1.95. The van der Waals surface area contributed by atoms with Gasteiger partial charge in [-0.3, -0.25) is 4.98 Å². The lowest BCUT2D eigenvalue weighted by molar-refractivity contribution is 1.29. The molecule has 0 saturated heterocycles. The molecule has 0 bridgehead atoms. The van der Waals surface area contributed by atoms with Crippen LogP contribution in [0.15, 0.2) is 48.1 Å². The second-order valence-electron chi connectivity index (χ2n) is 4.67. The van der Waals surface area contributed by atoms with Crippen molar-refractivity contribution in [2.24, 2.45) is 0 Å². The summed E-state index contributed by atoms with van der Waals surface area (Å²) < 4.78 is 0. The highest BCUT2D eigenvalue weighted by Crippen LogP contribution is 2.29. The van der Waals surface area contributed by atoms with Gasteiger partial charge in [0.2, 0.25) is 0 Å². The SMILES string of the molecule is Cc1cccc(C)c1Nc1nc(-c2cccnc2)cs1. The summed E-state index contributed by atoms with van der Waals surface area (Å²) in [6.45, 7) is 4.20. The summed E-state index contributed by atoms with van der Waals surface area (Å²) in [7, 11) is 0. The highest BCUT2D eigenvalue weighted by atomic mass is 32.1. The molecule has 0 fully saturated rings. The van der Waals surface area contributed by atoms with Gasteiger partial charge >= 0.3 is 0 Å². The van der Waals surface area contributed by atoms with Crippen LogP contribution < -0.4 is 5.32 Å². The first-order valence-corrected chi connectivity index (χ1v) is 7.31. The van der Waals surface area contributed by atoms with Crippen molar-refractivity contribution in [1.82, 2.24) is 9.97 Å². The van der Waals surface area contributed by atoms with E-state index in [0.29, 0.717) is 0 Å². The minimum Gasteiger partial charge on any atom is -0.331 e. The van der Waals surface area contributed by atoms with Crippen LogP contribution in [-0.2, 0) is 0 Å². The van der Waals surface area contributed by atoms with Gasteiger partial charge in [-0.25, -0.2) is 4.98 Å². The highest BCUT2D eigenvalue weighted by Gasteiger charge is 2.07. The molecule has 2 heterocycles. The molecule has 0 aliphatic heterocycles. The molecule has 1 aromatic carbocycles. The molecule has 0 aliphatic carbocycles. The van der Waals surface area contributed by atoms with Gasteiger partial charge in [0.05, 0.1) is 5.69 Å². The maximum atomic E-state index is 4.63. The van der Waals surface area contributed by atoms with E-state index in [2.05, 4.69) is 47.3 Å². The Hall–Kier alpha value is -2.20. The zero-order valence-electron chi connectivity index (χ0n) is 11.4. The number of anilines is 2. The number of nitrogens with one attached hydrogen (secondary N) is 1. The number of pyridine rings is 1. The molecule has 2 aromatic heterocycles. The van der Waals surface area contributed by atoms with E-state index < -0.39 is 0 Å². The standard InChI is InChI=1S/C16H15N3S/c1-11-5-3-6-12(2)15(11)19-16-18-14(10-20-16)13-7-4-8-17-9-13/h3-10H,1-2H3,(H,18,19). The fourth-order valence-corrected chi connectivity index (χ4v) is 2.82. The molecule has 0 aliphatic rings. The number of aromatic nitrogens is 2. The third-order valence-corrected chi connectivity index (χ3v) is 3.93. The first-order chi connectivity index (χ1) is 9.74. The van der Waals surface area contributed by atoms with E-state index in [1.165, 1.54) is 11.1 Å². The first-order valence-electron chi connectivity index (χ1n) is 6.43. The van der Waals surface area contributed by atoms with Gasteiger partial charge in [-0.05, 0) is 37.1 Å². The Bertz CT molecular complexity index is 699. The van der Waals surface area contributed by atoms with E-state index in [9.17, 15) is 0 Å². The molecule has 20 heavy (non-hydrogen) atoms. The van der Waals surface area contributed by atoms with Gasteiger partial charge in [0, 0.05) is 29.0 Å². The van der Waals surface area contributed by atoms with E-state index in [-0.39, 0.29) is 0 Å². The van der Waals surface area contributed by atoms with Crippen LogP contribution in [0.1, 0.15) is 11.1 Å². The number of rotatable bonds is 3. The Kier molecular flexibility index (Phi) is 3.48. The fourth-order valence-electron chi connectivity index (χ4n) is 2.10. The van der Waals surface area contributed by atoms with E-state index in [1.807, 2.05) is 23.7 Å². The molecule has 3 nitrogen and oxygen atoms in total. The molecule has 0 spiro atoms. The monoisotopic (exact) mass is 281 g/mol. The van der Waals surface area contributed by atoms with E-state index in [1.54, 1.807) is 17.5 Å². The smallest absolute Gasteiger partial charge is 0.187 e. The second kappa shape index (κ2) is 5.43. The van der Waals surface area contributed by atoms with Gasteiger partial charge in [0.15, 0.2) is 5.13 Å². The van der Waals surface area contributed by atoms with Gasteiger partial charge in [0.1, 0.15) is 0 Å². The summed E-state index contributed by atoms with van der Waals surface area (Å²) in [5.41, 5.74) is 5.58. The average molecular weight is 281 g/mol. The van der Waals surface area contributed by atoms with Gasteiger partial charge in [-0.1, -0.05) is 18.2 Å². The minimum absolute atomic E-state index is 0.904. The number of nitrogens with zero attached hydrogens (tertiary/aromatic N) is 2. The van der Waals surface area contributed by atoms with Crippen molar-refractivity contribution in [3.05, 3.63) is 59.2 Å². The third kappa shape index (κ3) is 2.56. The first kappa shape index (κ1) is 12.8. The van der Waals surface area contributed by atoms with Crippen molar-refractivity contribution >= 4 is 22.2 Å². The van der Waals surface area contributed by atoms with Gasteiger partial charge in [-0.15, -0.1) is 11.3 Å². The zero-order valence-corrected chi connectivity index (χ0v) is 12.2. The molecule has 0 saturated carbocycles. The summed E-state index contributed by atoms with van der Waals surface area (Å²) in [4.78, 5) is 8.75. The maximum Gasteiger partial charge on any atom is 0.187 e. The van der Waals surface area contributed by atoms with Crippen molar-refractivity contribution in [3.63, 3.8) is 0 Å². The van der Waals surface area contributed by atoms with Crippen LogP contribution in [0.25, 0.3) is 11.3 Å². The van der Waals surface area contributed by atoms with Crippen molar-refractivity contribution in [1.29, 1.82) is 0 Å². The zero-order chi connectivity index (χ0) is 13.9. The lowest BCUT2D eigenvalue weighted by atomic mass is 10.1. The molecule has 0 amide bonds. The summed E-state index contributed by atoms with van der Waals surface area (Å²) in [5, 5.41) is 6.37. The van der Waals surface area contributed by atoms with Crippen LogP contribution in [0.3, 0.4) is 0 Å². The van der Waals surface area contributed by atoms with Crippen LogP contribution >= 0.6 is 11.3 Å². The normalized spacial score (nSPS) is 10.5. The molecule has 3 rings (SSSR count). The summed E-state index contributed by atoms with van der Waals surface area (Å²) in [6.07, 6.45) is 3.60. The van der Waals surface area contributed by atoms with Gasteiger partial charge < -0.3 is 5.32 Å². The van der Waals surface area contributed by atoms with Gasteiger partial charge in [-0.2, -0.15) is 0 Å². The Morgan fingerprint density at radius 3 is 2.55 bits per heavy atom. The topological polar surface area (TPSA) is 37.8 Å². The predicted octanol–water partition coefficient (Wildman–Crippen LogP) is 4.57. The maximum absolute atomic E-state index is 4.63. The quantitative estimate of drug-likeness (QED) is 0.764. The molecule has 1 N–H and O–H groups in total. The van der Waals surface area contributed by atoms with Crippen LogP contribution in [0.5, 0.6) is 0 Å². The third-order valence-electron chi connectivity index (χ3n) is 3.17. The number of thiazole rings is 1. The number of para-hydroxylation sites is 1. The molecular weight excluding hydrogens is 266 g/mol. The molecule has 0 unspecified atom stereocenters. The lowest BCUT2D eigenvalue weighted by Gasteiger charge is -2.09. The molecule has 0 radical (unpaired) electrons. The predicted molar refractivity (Wildman–Crippen MR) is 84.5 cm³/mol. The summed E-state index contributed by atoms with van der Waals surface area (Å²) in [5.74, 6) is 0. The van der Waals surface area contributed by atoms with Crippen LogP contribution in [0.4, 0.5) is 10.8 Å². The summed E-state index contributed by atoms with van der Waals surface area (Å²) in [6, 6.07) is 10.2. The van der Waals surface area contributed by atoms with Crippen molar-refractivity contribution in [2.45, 2.75) is 13.8 Å². The Balaban J connectivity index is 1.88. The average Bonchev–Trinajstić information content (AvgIpc) is 2.93. The fraction of sp³-hybridized carbons (Fsp3) is 0.125. The van der Waals surface area contributed by atoms with E-state index in [0.717, 1.165) is 22.1 Å². The van der Waals surface area contributed by atoms with Crippen molar-refractivity contribution in [2.75, 3.05) is 5.32 Å². The Morgan fingerprint density at radius 2 is 1.85 bits per heavy atom. The number of benzene rings is 1. The van der Waals surface area contributed by atoms with Crippen LogP contribution in [0.2, 0.25) is 0 Å². The van der Waals surface area contributed by atoms with E-state index >= 15 is 0 Å². The van der Waals surface area contributed by atoms with Gasteiger partial charge in [0.25, 0.3) is 0 Å². The molecule has 4 heteroatoms. The molecule has 0 atom stereocenters. The highest BCUT2D eigenvalue weighted by molar-refractivity contribution is 7.14. The van der Waals surface area contributed by atoms with Crippen molar-refractivity contribution < 1.29 is 0 Å². The van der Waals surface area contributed by atoms with E-state index in [4.69, 9.17) is 0 Å². The second-order valence-corrected chi connectivity index (χ2v) is 5.53. The molecule has 3 aromatic rings. The number of hydrogen-bond donors (Lipinski definition) is 1. The Morgan fingerprint density at radius 1 is 1.05 bits per heavy atom. The largest absolute Gasteiger partial charge is 0.331 e. The number of aryl methyl sites for hydroxylation is 2. The van der Waals surface area contributed by atoms with Crippen molar-refractivity contribution in [3.8, 4) is 11.3 Å². The Labute approximate surface area is 122 Å². The molecule has 100 valence electrons. The summed E-state index contributed by atoms with van der Waals surface area (Å²) >= 11 is 1.61. The molecular formula is C16H15N3S. The number of hydrogen-bond acceptors (Lipinski definition) is 4.